The first-order valence-corrected chi connectivity index (χ1v) is 10.6. The molecular formula is C23H22ClN5O. The Balaban J connectivity index is 1.34. The highest BCUT2D eigenvalue weighted by molar-refractivity contribution is 6.30. The lowest BCUT2D eigenvalue weighted by Crippen LogP contribution is -2.27. The third-order valence-corrected chi connectivity index (χ3v) is 5.70. The van der Waals surface area contributed by atoms with Gasteiger partial charge in [0.15, 0.2) is 5.82 Å². The average Bonchev–Trinajstić information content (AvgIpc) is 3.38. The van der Waals surface area contributed by atoms with Gasteiger partial charge in [-0.3, -0.25) is 4.57 Å². The zero-order valence-electron chi connectivity index (χ0n) is 16.8. The van der Waals surface area contributed by atoms with Gasteiger partial charge in [-0.2, -0.15) is 10.2 Å². The number of hydrogen-bond donors (Lipinski definition) is 0. The first-order valence-electron chi connectivity index (χ1n) is 10.2. The molecule has 3 aromatic rings. The molecule has 5 rings (SSSR count). The molecule has 0 N–H and O–H groups in total. The van der Waals surface area contributed by atoms with Gasteiger partial charge in [-0.1, -0.05) is 41.4 Å². The van der Waals surface area contributed by atoms with E-state index in [1.54, 1.807) is 0 Å². The van der Waals surface area contributed by atoms with Gasteiger partial charge in [-0.15, -0.1) is 5.10 Å². The van der Waals surface area contributed by atoms with E-state index in [2.05, 4.69) is 46.5 Å². The van der Waals surface area contributed by atoms with Gasteiger partial charge in [-0.25, -0.2) is 9.48 Å². The van der Waals surface area contributed by atoms with Crippen molar-refractivity contribution in [2.24, 2.45) is 10.2 Å². The Bertz CT molecular complexity index is 1220. The maximum absolute atomic E-state index is 13.1. The molecule has 1 aliphatic heterocycles. The second-order valence-electron chi connectivity index (χ2n) is 8.05. The Kier molecular flexibility index (Phi) is 4.87. The van der Waals surface area contributed by atoms with Crippen LogP contribution in [-0.4, -0.2) is 25.8 Å². The summed E-state index contributed by atoms with van der Waals surface area (Å²) in [4.78, 5) is 13.1. The Morgan fingerprint density at radius 1 is 1.07 bits per heavy atom. The normalized spacial score (nSPS) is 15.9. The van der Waals surface area contributed by atoms with Crippen LogP contribution in [0, 0.1) is 6.92 Å². The van der Waals surface area contributed by atoms with Crippen molar-refractivity contribution in [1.29, 1.82) is 0 Å². The Labute approximate surface area is 179 Å². The highest BCUT2D eigenvalue weighted by Gasteiger charge is 2.30. The summed E-state index contributed by atoms with van der Waals surface area (Å²) in [6.07, 6.45) is 3.47. The van der Waals surface area contributed by atoms with E-state index in [-0.39, 0.29) is 11.7 Å². The van der Waals surface area contributed by atoms with Crippen molar-refractivity contribution in [3.63, 3.8) is 0 Å². The van der Waals surface area contributed by atoms with Crippen molar-refractivity contribution >= 4 is 23.0 Å². The van der Waals surface area contributed by atoms with Crippen molar-refractivity contribution in [2.75, 3.05) is 0 Å². The second kappa shape index (κ2) is 7.69. The molecule has 0 spiro atoms. The Morgan fingerprint density at radius 2 is 1.83 bits per heavy atom. The quantitative estimate of drug-likeness (QED) is 0.592. The summed E-state index contributed by atoms with van der Waals surface area (Å²) in [6.45, 7) is 2.45. The third-order valence-electron chi connectivity index (χ3n) is 5.45. The minimum Gasteiger partial charge on any atom is -0.272 e. The van der Waals surface area contributed by atoms with Gasteiger partial charge in [0.1, 0.15) is 0 Å². The molecule has 0 bridgehead atoms. The number of hydrogen-bond acceptors (Lipinski definition) is 4. The van der Waals surface area contributed by atoms with E-state index in [1.807, 2.05) is 28.8 Å². The summed E-state index contributed by atoms with van der Waals surface area (Å²) in [5.74, 6) is 0.693. The number of rotatable bonds is 6. The lowest BCUT2D eigenvalue weighted by atomic mass is 10.0. The summed E-state index contributed by atoms with van der Waals surface area (Å²) in [6, 6.07) is 16.1. The first kappa shape index (κ1) is 19.0. The average molecular weight is 420 g/mol. The van der Waals surface area contributed by atoms with E-state index in [9.17, 15) is 4.79 Å². The van der Waals surface area contributed by atoms with Crippen LogP contribution in [0.5, 0.6) is 0 Å². The molecular weight excluding hydrogens is 398 g/mol. The third kappa shape index (κ3) is 3.87. The van der Waals surface area contributed by atoms with E-state index < -0.39 is 0 Å². The fraction of sp³-hybridized carbons (Fsp3) is 0.304. The predicted octanol–water partition coefficient (Wildman–Crippen LogP) is 4.45. The van der Waals surface area contributed by atoms with Gasteiger partial charge in [0.25, 0.3) is 0 Å². The van der Waals surface area contributed by atoms with Gasteiger partial charge in [-0.05, 0) is 49.6 Å². The molecule has 0 unspecified atom stereocenters. The van der Waals surface area contributed by atoms with Crippen LogP contribution < -0.4 is 5.69 Å². The predicted molar refractivity (Wildman–Crippen MR) is 120 cm³/mol. The van der Waals surface area contributed by atoms with Crippen LogP contribution in [-0.2, 0) is 13.0 Å². The van der Waals surface area contributed by atoms with Gasteiger partial charge in [0.05, 0.1) is 18.0 Å². The highest BCUT2D eigenvalue weighted by Crippen LogP contribution is 2.36. The minimum atomic E-state index is -0.0858. The lowest BCUT2D eigenvalue weighted by Gasteiger charge is -2.03. The van der Waals surface area contributed by atoms with Gasteiger partial charge in [0.2, 0.25) is 0 Å². The molecule has 1 saturated carbocycles. The zero-order chi connectivity index (χ0) is 20.7. The molecule has 0 saturated heterocycles. The fourth-order valence-corrected chi connectivity index (χ4v) is 3.97. The fourth-order valence-electron chi connectivity index (χ4n) is 3.84. The molecule has 30 heavy (non-hydrogen) atoms. The van der Waals surface area contributed by atoms with Gasteiger partial charge in [0, 0.05) is 29.5 Å². The molecule has 1 fully saturated rings. The van der Waals surface area contributed by atoms with E-state index >= 15 is 0 Å². The van der Waals surface area contributed by atoms with Crippen LogP contribution in [0.15, 0.2) is 63.5 Å². The maximum Gasteiger partial charge on any atom is 0.346 e. The van der Waals surface area contributed by atoms with Crippen molar-refractivity contribution < 1.29 is 0 Å². The number of halogens is 1. The topological polar surface area (TPSA) is 64.5 Å². The molecule has 0 radical (unpaired) electrons. The van der Waals surface area contributed by atoms with Crippen molar-refractivity contribution in [2.45, 2.75) is 45.2 Å². The number of benzene rings is 2. The number of aryl methyl sites for hydroxylation is 1. The summed E-state index contributed by atoms with van der Waals surface area (Å²) < 4.78 is 3.33. The monoisotopic (exact) mass is 419 g/mol. The molecule has 2 heterocycles. The number of aromatic nitrogens is 3. The second-order valence-corrected chi connectivity index (χ2v) is 8.48. The Hall–Kier alpha value is -2.99. The van der Waals surface area contributed by atoms with Crippen molar-refractivity contribution in [1.82, 2.24) is 14.3 Å². The van der Waals surface area contributed by atoms with Crippen LogP contribution in [0.25, 0.3) is 11.4 Å². The minimum absolute atomic E-state index is 0.0858. The van der Waals surface area contributed by atoms with E-state index in [1.165, 1.54) is 15.8 Å². The highest BCUT2D eigenvalue weighted by atomic mass is 35.5. The largest absolute Gasteiger partial charge is 0.346 e. The maximum atomic E-state index is 13.1. The van der Waals surface area contributed by atoms with E-state index in [0.717, 1.165) is 36.2 Å². The van der Waals surface area contributed by atoms with Gasteiger partial charge < -0.3 is 0 Å². The smallest absolute Gasteiger partial charge is 0.272 e. The molecule has 0 amide bonds. The summed E-state index contributed by atoms with van der Waals surface area (Å²) in [5.41, 5.74) is 5.15. The van der Waals surface area contributed by atoms with E-state index in [0.29, 0.717) is 23.8 Å². The zero-order valence-corrected chi connectivity index (χ0v) is 17.5. The molecule has 0 atom stereocenters. The SMILES string of the molecule is Cc1cccc(CC2=NN=C(Cn3nc(-c4ccc(Cl)cc4)n(C4CC4)c3=O)C2)c1. The standard InChI is InChI=1S/C23H22ClN5O/c1-15-3-2-4-16(11-15)12-19-13-20(26-25-19)14-28-23(30)29(21-9-10-21)22(27-28)17-5-7-18(24)8-6-17/h2-8,11,21H,9-10,12-14H2,1H3. The molecule has 152 valence electrons. The molecule has 2 aromatic carbocycles. The molecule has 7 heteroatoms. The van der Waals surface area contributed by atoms with Crippen molar-refractivity contribution in [3.05, 3.63) is 75.2 Å². The summed E-state index contributed by atoms with van der Waals surface area (Å²) in [5, 5.41) is 14.0. The molecule has 6 nitrogen and oxygen atoms in total. The Morgan fingerprint density at radius 3 is 2.57 bits per heavy atom. The van der Waals surface area contributed by atoms with Crippen molar-refractivity contribution in [3.8, 4) is 11.4 Å². The number of nitrogens with zero attached hydrogens (tertiary/aromatic N) is 5. The van der Waals surface area contributed by atoms with Crippen LogP contribution in [0.2, 0.25) is 5.02 Å². The summed E-state index contributed by atoms with van der Waals surface area (Å²) >= 11 is 6.02. The van der Waals surface area contributed by atoms with Crippen LogP contribution >= 0.6 is 11.6 Å². The van der Waals surface area contributed by atoms with Crippen LogP contribution in [0.4, 0.5) is 0 Å². The van der Waals surface area contributed by atoms with Crippen LogP contribution in [0.1, 0.15) is 36.4 Å². The molecule has 1 aromatic heterocycles. The molecule has 1 aliphatic carbocycles. The molecule has 2 aliphatic rings. The van der Waals surface area contributed by atoms with E-state index in [4.69, 9.17) is 11.6 Å². The summed E-state index contributed by atoms with van der Waals surface area (Å²) in [7, 11) is 0. The lowest BCUT2D eigenvalue weighted by molar-refractivity contribution is 0.645. The van der Waals surface area contributed by atoms with Crippen LogP contribution in [0.3, 0.4) is 0 Å². The van der Waals surface area contributed by atoms with Gasteiger partial charge >= 0.3 is 5.69 Å². The first-order chi connectivity index (χ1) is 14.6.